The summed E-state index contributed by atoms with van der Waals surface area (Å²) in [6.07, 6.45) is 1.61. The smallest absolute Gasteiger partial charge is 0.345 e. The Morgan fingerprint density at radius 1 is 0.757 bits per heavy atom. The van der Waals surface area contributed by atoms with Crippen LogP contribution in [0.15, 0.2) is 52.8 Å². The molecule has 5 heteroatoms. The van der Waals surface area contributed by atoms with Crippen molar-refractivity contribution < 1.29 is 14.3 Å². The number of nitrogens with zero attached hydrogens (tertiary/aromatic N) is 1. The molecule has 0 saturated carbocycles. The Balaban J connectivity index is 2.78. The largest absolute Gasteiger partial charge is 0.479 e. The molecule has 0 atom stereocenters. The first kappa shape index (κ1) is 30.1. The zero-order chi connectivity index (χ0) is 27.7. The van der Waals surface area contributed by atoms with Crippen molar-refractivity contribution in [1.29, 1.82) is 0 Å². The summed E-state index contributed by atoms with van der Waals surface area (Å²) in [4.78, 5) is 18.2. The van der Waals surface area contributed by atoms with Crippen LogP contribution >= 0.6 is 0 Å². The third-order valence-corrected chi connectivity index (χ3v) is 6.31. The number of carbonyl (C=O) groups is 1. The van der Waals surface area contributed by atoms with Gasteiger partial charge in [0.1, 0.15) is 5.57 Å². The van der Waals surface area contributed by atoms with Crippen LogP contribution in [0, 0.1) is 0 Å². The van der Waals surface area contributed by atoms with Crippen molar-refractivity contribution in [1.82, 2.24) is 0 Å². The second kappa shape index (κ2) is 14.0. The topological polar surface area (TPSA) is 59.9 Å². The molecule has 2 aromatic carbocycles. The Bertz CT molecular complexity index is 1060. The van der Waals surface area contributed by atoms with Gasteiger partial charge in [-0.15, -0.1) is 0 Å². The molecule has 5 nitrogen and oxygen atoms in total. The number of hydrogen-bond donors (Lipinski definition) is 1. The molecule has 0 aliphatic carbocycles. The molecule has 2 rings (SSSR count). The predicted octanol–water partition coefficient (Wildman–Crippen LogP) is 8.81. The molecule has 0 aromatic heterocycles. The lowest BCUT2D eigenvalue weighted by atomic mass is 9.92. The van der Waals surface area contributed by atoms with Gasteiger partial charge in [0.05, 0.1) is 18.9 Å². The third-order valence-electron chi connectivity index (χ3n) is 6.31. The lowest BCUT2D eigenvalue weighted by molar-refractivity contribution is -0.138. The minimum Gasteiger partial charge on any atom is -0.479 e. The molecule has 2 aromatic rings. The van der Waals surface area contributed by atoms with Crippen LogP contribution in [-0.2, 0) is 14.3 Å². The average molecular weight is 507 g/mol. The Morgan fingerprint density at radius 3 is 1.59 bits per heavy atom. The van der Waals surface area contributed by atoms with E-state index in [9.17, 15) is 4.79 Å². The average Bonchev–Trinajstić information content (AvgIpc) is 2.83. The monoisotopic (exact) mass is 506 g/mol. The van der Waals surface area contributed by atoms with E-state index in [2.05, 4.69) is 97.1 Å². The van der Waals surface area contributed by atoms with Gasteiger partial charge in [-0.1, -0.05) is 91.8 Å². The molecular formula is C32H46N2O3. The van der Waals surface area contributed by atoms with Gasteiger partial charge in [0.25, 0.3) is 0 Å². The molecular weight excluding hydrogens is 460 g/mol. The van der Waals surface area contributed by atoms with E-state index in [0.29, 0.717) is 12.5 Å². The van der Waals surface area contributed by atoms with Crippen LogP contribution in [0.3, 0.4) is 0 Å². The number of aliphatic imine (C=N–C) groups is 1. The van der Waals surface area contributed by atoms with Crippen molar-refractivity contribution >= 4 is 23.6 Å². The lowest BCUT2D eigenvalue weighted by Crippen LogP contribution is -2.19. The van der Waals surface area contributed by atoms with Crippen LogP contribution in [-0.4, -0.2) is 25.4 Å². The number of benzene rings is 2. The SMILES string of the molecule is CCOC(=O)/C(C=Nc1c(C(C)C)cccc1C(C)C)=C(/Nc1c(C(C)C)cccc1C(C)C)OCC. The summed E-state index contributed by atoms with van der Waals surface area (Å²) < 4.78 is 11.5. The van der Waals surface area contributed by atoms with E-state index in [-0.39, 0.29) is 35.9 Å². The van der Waals surface area contributed by atoms with Gasteiger partial charge in [0, 0.05) is 11.9 Å². The van der Waals surface area contributed by atoms with Gasteiger partial charge in [0.2, 0.25) is 5.88 Å². The molecule has 0 saturated heterocycles. The summed E-state index contributed by atoms with van der Waals surface area (Å²) in [6, 6.07) is 12.6. The molecule has 0 amide bonds. The minimum absolute atomic E-state index is 0.259. The van der Waals surface area contributed by atoms with Crippen LogP contribution in [0.5, 0.6) is 0 Å². The van der Waals surface area contributed by atoms with Crippen molar-refractivity contribution in [3.63, 3.8) is 0 Å². The maximum atomic E-state index is 13.3. The molecule has 0 radical (unpaired) electrons. The number of rotatable bonds is 12. The Labute approximate surface area is 224 Å². The van der Waals surface area contributed by atoms with Crippen molar-refractivity contribution in [3.05, 3.63) is 70.1 Å². The molecule has 0 bridgehead atoms. The van der Waals surface area contributed by atoms with Crippen LogP contribution in [0.2, 0.25) is 0 Å². The van der Waals surface area contributed by atoms with Gasteiger partial charge in [-0.05, 0) is 59.8 Å². The van der Waals surface area contributed by atoms with Crippen molar-refractivity contribution in [2.75, 3.05) is 18.5 Å². The molecule has 0 unspecified atom stereocenters. The van der Waals surface area contributed by atoms with E-state index in [1.165, 1.54) is 0 Å². The number of para-hydroxylation sites is 2. The van der Waals surface area contributed by atoms with Crippen LogP contribution in [0.1, 0.15) is 115 Å². The Morgan fingerprint density at radius 2 is 1.19 bits per heavy atom. The van der Waals surface area contributed by atoms with Crippen LogP contribution < -0.4 is 5.32 Å². The molecule has 0 aliphatic heterocycles. The fraction of sp³-hybridized carbons (Fsp3) is 0.500. The number of anilines is 1. The zero-order valence-corrected chi connectivity index (χ0v) is 24.4. The van der Waals surface area contributed by atoms with E-state index in [1.807, 2.05) is 6.92 Å². The van der Waals surface area contributed by atoms with Crippen molar-refractivity contribution in [2.24, 2.45) is 4.99 Å². The van der Waals surface area contributed by atoms with E-state index in [1.54, 1.807) is 13.1 Å². The highest BCUT2D eigenvalue weighted by atomic mass is 16.5. The zero-order valence-electron chi connectivity index (χ0n) is 24.4. The van der Waals surface area contributed by atoms with Crippen LogP contribution in [0.25, 0.3) is 0 Å². The highest BCUT2D eigenvalue weighted by Crippen LogP contribution is 2.36. The summed E-state index contributed by atoms with van der Waals surface area (Å²) in [6.45, 7) is 21.6. The van der Waals surface area contributed by atoms with E-state index in [0.717, 1.165) is 33.6 Å². The fourth-order valence-corrected chi connectivity index (χ4v) is 4.34. The Kier molecular flexibility index (Phi) is 11.4. The molecule has 0 spiro atoms. The minimum atomic E-state index is -0.469. The maximum Gasteiger partial charge on any atom is 0.345 e. The molecule has 1 N–H and O–H groups in total. The van der Waals surface area contributed by atoms with Gasteiger partial charge >= 0.3 is 5.97 Å². The summed E-state index contributed by atoms with van der Waals surface area (Å²) in [5, 5.41) is 3.50. The van der Waals surface area contributed by atoms with Crippen molar-refractivity contribution in [3.8, 4) is 0 Å². The predicted molar refractivity (Wildman–Crippen MR) is 156 cm³/mol. The molecule has 0 aliphatic rings. The highest BCUT2D eigenvalue weighted by molar-refractivity contribution is 6.11. The molecule has 0 heterocycles. The standard InChI is InChI=1S/C32H46N2O3/c1-11-36-31(34-30-26(22(7)8)17-14-18-27(30)23(9)10)28(32(35)37-12-2)19-33-29-24(20(3)4)15-13-16-25(29)21(5)6/h13-23,34H,11-12H2,1-10H3/b31-28-,33-19?. The summed E-state index contributed by atoms with van der Waals surface area (Å²) in [7, 11) is 0. The summed E-state index contributed by atoms with van der Waals surface area (Å²) >= 11 is 0. The molecule has 0 fully saturated rings. The Hall–Kier alpha value is -3.08. The number of carbonyl (C=O) groups excluding carboxylic acids is 1. The first-order valence-electron chi connectivity index (χ1n) is 13.6. The van der Waals surface area contributed by atoms with Gasteiger partial charge in [-0.3, -0.25) is 4.99 Å². The van der Waals surface area contributed by atoms with E-state index in [4.69, 9.17) is 14.5 Å². The maximum absolute atomic E-state index is 13.3. The summed E-state index contributed by atoms with van der Waals surface area (Å²) in [5.74, 6) is 1.04. The highest BCUT2D eigenvalue weighted by Gasteiger charge is 2.22. The number of esters is 1. The van der Waals surface area contributed by atoms with E-state index >= 15 is 0 Å². The fourth-order valence-electron chi connectivity index (χ4n) is 4.34. The van der Waals surface area contributed by atoms with Gasteiger partial charge < -0.3 is 14.8 Å². The van der Waals surface area contributed by atoms with Crippen molar-refractivity contribution in [2.45, 2.75) is 92.9 Å². The van der Waals surface area contributed by atoms with E-state index < -0.39 is 5.97 Å². The second-order valence-corrected chi connectivity index (χ2v) is 10.5. The number of ether oxygens (including phenoxy) is 2. The first-order valence-corrected chi connectivity index (χ1v) is 13.6. The first-order chi connectivity index (χ1) is 17.5. The normalized spacial score (nSPS) is 12.6. The van der Waals surface area contributed by atoms with Gasteiger partial charge in [0.15, 0.2) is 0 Å². The second-order valence-electron chi connectivity index (χ2n) is 10.5. The molecule has 202 valence electrons. The van der Waals surface area contributed by atoms with Crippen LogP contribution in [0.4, 0.5) is 11.4 Å². The van der Waals surface area contributed by atoms with Gasteiger partial charge in [-0.2, -0.15) is 0 Å². The molecule has 37 heavy (non-hydrogen) atoms. The van der Waals surface area contributed by atoms with Gasteiger partial charge in [-0.25, -0.2) is 4.79 Å². The quantitative estimate of drug-likeness (QED) is 0.135. The summed E-state index contributed by atoms with van der Waals surface area (Å²) in [5.41, 5.74) is 6.75. The number of nitrogens with one attached hydrogen (secondary N) is 1. The number of hydrogen-bond acceptors (Lipinski definition) is 5. The lowest BCUT2D eigenvalue weighted by Gasteiger charge is -2.23. The third kappa shape index (κ3) is 7.70.